The van der Waals surface area contributed by atoms with Crippen LogP contribution >= 0.6 is 12.4 Å². The Hall–Kier alpha value is -1.44. The number of nitrogens with two attached hydrogens (primary N) is 2. The second kappa shape index (κ2) is 5.59. The lowest BCUT2D eigenvalue weighted by Crippen LogP contribution is -2.21. The van der Waals surface area contributed by atoms with Crippen LogP contribution in [0.1, 0.15) is 11.6 Å². The van der Waals surface area contributed by atoms with Gasteiger partial charge < -0.3 is 16.6 Å². The standard InChI is InChI=1S/C8H10FN3O3.ClH/c9-4-1-5(6(11)3-10)8(13)7(2-4)12(14)15;/h1-2,6,13H,3,10-11H2;1H/t6-;/m1./s1. The molecule has 0 saturated carbocycles. The molecular formula is C8H11ClFN3O3. The van der Waals surface area contributed by atoms with Gasteiger partial charge in [0.05, 0.1) is 11.0 Å². The van der Waals surface area contributed by atoms with Crippen LogP contribution in [0.25, 0.3) is 0 Å². The van der Waals surface area contributed by atoms with Gasteiger partial charge >= 0.3 is 5.69 Å². The van der Waals surface area contributed by atoms with Crippen LogP contribution in [0.2, 0.25) is 0 Å². The Morgan fingerprint density at radius 2 is 2.12 bits per heavy atom. The van der Waals surface area contributed by atoms with Crippen LogP contribution in [0.15, 0.2) is 12.1 Å². The van der Waals surface area contributed by atoms with Gasteiger partial charge in [-0.05, 0) is 6.07 Å². The molecule has 90 valence electrons. The molecule has 8 heteroatoms. The van der Waals surface area contributed by atoms with Crippen molar-refractivity contribution in [2.75, 3.05) is 6.54 Å². The Bertz CT molecular complexity index is 402. The number of hydrogen-bond donors (Lipinski definition) is 3. The van der Waals surface area contributed by atoms with Crippen molar-refractivity contribution in [1.82, 2.24) is 0 Å². The highest BCUT2D eigenvalue weighted by Crippen LogP contribution is 2.33. The predicted octanol–water partition coefficient (Wildman–Crippen LogP) is 0.820. The third kappa shape index (κ3) is 2.78. The maximum absolute atomic E-state index is 13.0. The molecule has 6 nitrogen and oxygen atoms in total. The van der Waals surface area contributed by atoms with Gasteiger partial charge in [-0.3, -0.25) is 10.1 Å². The molecule has 1 aromatic rings. The zero-order valence-corrected chi connectivity index (χ0v) is 8.91. The molecule has 1 rings (SSSR count). The summed E-state index contributed by atoms with van der Waals surface area (Å²) in [5.41, 5.74) is 9.90. The van der Waals surface area contributed by atoms with Crippen molar-refractivity contribution in [3.63, 3.8) is 0 Å². The highest BCUT2D eigenvalue weighted by molar-refractivity contribution is 5.85. The quantitative estimate of drug-likeness (QED) is 0.543. The Kier molecular flexibility index (Phi) is 5.09. The van der Waals surface area contributed by atoms with E-state index in [1.54, 1.807) is 0 Å². The number of nitro benzene ring substituents is 1. The minimum absolute atomic E-state index is 0. The average molecular weight is 252 g/mol. The number of benzene rings is 1. The van der Waals surface area contributed by atoms with Crippen LogP contribution < -0.4 is 11.5 Å². The molecule has 0 fully saturated rings. The van der Waals surface area contributed by atoms with Crippen LogP contribution in [0.3, 0.4) is 0 Å². The highest BCUT2D eigenvalue weighted by atomic mass is 35.5. The van der Waals surface area contributed by atoms with Crippen LogP contribution in [0, 0.1) is 15.9 Å². The third-order valence-electron chi connectivity index (χ3n) is 1.93. The van der Waals surface area contributed by atoms with Crippen LogP contribution in [0.4, 0.5) is 10.1 Å². The first-order valence-corrected chi connectivity index (χ1v) is 4.09. The van der Waals surface area contributed by atoms with E-state index in [1.165, 1.54) is 0 Å². The second-order valence-corrected chi connectivity index (χ2v) is 2.96. The minimum atomic E-state index is -0.884. The smallest absolute Gasteiger partial charge is 0.313 e. The van der Waals surface area contributed by atoms with Crippen molar-refractivity contribution < 1.29 is 14.4 Å². The first-order valence-electron chi connectivity index (χ1n) is 4.09. The molecule has 0 aliphatic carbocycles. The number of nitro groups is 1. The van der Waals surface area contributed by atoms with E-state index in [9.17, 15) is 19.6 Å². The van der Waals surface area contributed by atoms with Crippen molar-refractivity contribution >= 4 is 18.1 Å². The molecule has 16 heavy (non-hydrogen) atoms. The monoisotopic (exact) mass is 251 g/mol. The van der Waals surface area contributed by atoms with Gasteiger partial charge in [0.2, 0.25) is 0 Å². The largest absolute Gasteiger partial charge is 0.502 e. The maximum Gasteiger partial charge on any atom is 0.313 e. The minimum Gasteiger partial charge on any atom is -0.502 e. The summed E-state index contributed by atoms with van der Waals surface area (Å²) in [5.74, 6) is -1.47. The van der Waals surface area contributed by atoms with Crippen LogP contribution in [0.5, 0.6) is 5.75 Å². The van der Waals surface area contributed by atoms with E-state index in [-0.39, 0.29) is 24.5 Å². The number of phenolic OH excluding ortho intramolecular Hbond substituents is 1. The summed E-state index contributed by atoms with van der Waals surface area (Å²) in [4.78, 5) is 9.56. The van der Waals surface area contributed by atoms with Crippen molar-refractivity contribution in [2.45, 2.75) is 6.04 Å². The molecule has 0 spiro atoms. The van der Waals surface area contributed by atoms with E-state index in [2.05, 4.69) is 0 Å². The molecule has 0 amide bonds. The van der Waals surface area contributed by atoms with Crippen molar-refractivity contribution in [3.05, 3.63) is 33.6 Å². The fourth-order valence-corrected chi connectivity index (χ4v) is 1.15. The Balaban J connectivity index is 0.00000225. The molecule has 0 saturated heterocycles. The van der Waals surface area contributed by atoms with E-state index in [1.807, 2.05) is 0 Å². The fraction of sp³-hybridized carbons (Fsp3) is 0.250. The Morgan fingerprint density at radius 3 is 2.56 bits per heavy atom. The topological polar surface area (TPSA) is 115 Å². The van der Waals surface area contributed by atoms with Crippen LogP contribution in [-0.2, 0) is 0 Å². The van der Waals surface area contributed by atoms with Crippen molar-refractivity contribution in [2.24, 2.45) is 11.5 Å². The summed E-state index contributed by atoms with van der Waals surface area (Å²) in [7, 11) is 0. The number of halogens is 2. The van der Waals surface area contributed by atoms with Gasteiger partial charge in [0.25, 0.3) is 0 Å². The summed E-state index contributed by atoms with van der Waals surface area (Å²) >= 11 is 0. The third-order valence-corrected chi connectivity index (χ3v) is 1.93. The molecule has 0 aromatic heterocycles. The molecule has 0 radical (unpaired) electrons. The Morgan fingerprint density at radius 1 is 1.56 bits per heavy atom. The van der Waals surface area contributed by atoms with Gasteiger partial charge in [0, 0.05) is 18.2 Å². The number of rotatable bonds is 3. The molecule has 0 heterocycles. The number of aromatic hydroxyl groups is 1. The van der Waals surface area contributed by atoms with E-state index in [0.717, 1.165) is 6.07 Å². The predicted molar refractivity (Wildman–Crippen MR) is 58.0 cm³/mol. The van der Waals surface area contributed by atoms with E-state index < -0.39 is 28.2 Å². The zero-order chi connectivity index (χ0) is 11.6. The number of hydrogen-bond acceptors (Lipinski definition) is 5. The molecule has 0 aliphatic rings. The first kappa shape index (κ1) is 14.6. The summed E-state index contributed by atoms with van der Waals surface area (Å²) < 4.78 is 13.0. The summed E-state index contributed by atoms with van der Waals surface area (Å²) in [5, 5.41) is 19.9. The van der Waals surface area contributed by atoms with Gasteiger partial charge in [-0.1, -0.05) is 0 Å². The fourth-order valence-electron chi connectivity index (χ4n) is 1.15. The van der Waals surface area contributed by atoms with Crippen LogP contribution in [-0.4, -0.2) is 16.6 Å². The second-order valence-electron chi connectivity index (χ2n) is 2.96. The van der Waals surface area contributed by atoms with E-state index >= 15 is 0 Å². The van der Waals surface area contributed by atoms with Gasteiger partial charge in [-0.15, -0.1) is 12.4 Å². The maximum atomic E-state index is 13.0. The lowest BCUT2D eigenvalue weighted by molar-refractivity contribution is -0.386. The molecule has 0 bridgehead atoms. The SMILES string of the molecule is Cl.NC[C@@H](N)c1cc(F)cc([N+](=O)[O-])c1O. The van der Waals surface area contributed by atoms with Gasteiger partial charge in [0.1, 0.15) is 5.82 Å². The van der Waals surface area contributed by atoms with Crippen molar-refractivity contribution in [3.8, 4) is 5.75 Å². The van der Waals surface area contributed by atoms with Gasteiger partial charge in [-0.2, -0.15) is 0 Å². The zero-order valence-electron chi connectivity index (χ0n) is 8.09. The summed E-state index contributed by atoms with van der Waals surface area (Å²) in [6.07, 6.45) is 0. The van der Waals surface area contributed by atoms with E-state index in [4.69, 9.17) is 11.5 Å². The lowest BCUT2D eigenvalue weighted by atomic mass is 10.1. The average Bonchev–Trinajstić information content (AvgIpc) is 2.19. The highest BCUT2D eigenvalue weighted by Gasteiger charge is 2.22. The molecule has 5 N–H and O–H groups in total. The summed E-state index contributed by atoms with van der Waals surface area (Å²) in [6.45, 7) is -0.0475. The number of nitrogens with zero attached hydrogens (tertiary/aromatic N) is 1. The molecular weight excluding hydrogens is 241 g/mol. The molecule has 1 atom stereocenters. The molecule has 0 unspecified atom stereocenters. The van der Waals surface area contributed by atoms with E-state index in [0.29, 0.717) is 6.07 Å². The van der Waals surface area contributed by atoms with Gasteiger partial charge in [0.15, 0.2) is 5.75 Å². The normalized spacial score (nSPS) is 11.7. The molecule has 0 aliphatic heterocycles. The molecule has 1 aromatic carbocycles. The number of phenols is 1. The first-order chi connectivity index (χ1) is 6.97. The van der Waals surface area contributed by atoms with Gasteiger partial charge in [-0.25, -0.2) is 4.39 Å². The summed E-state index contributed by atoms with van der Waals surface area (Å²) in [6, 6.07) is 0.724. The lowest BCUT2D eigenvalue weighted by Gasteiger charge is -2.11. The van der Waals surface area contributed by atoms with Crippen molar-refractivity contribution in [1.29, 1.82) is 0 Å². The Labute approximate surface area is 96.6 Å².